The van der Waals surface area contributed by atoms with Gasteiger partial charge < -0.3 is 33.8 Å². The Bertz CT molecular complexity index is 1710. The van der Waals surface area contributed by atoms with Crippen molar-refractivity contribution in [2.45, 2.75) is 329 Å². The number of carbonyl (C=O) groups excluding carboxylic acids is 4. The van der Waals surface area contributed by atoms with E-state index in [1.165, 1.54) is 122 Å². The van der Waals surface area contributed by atoms with E-state index >= 15 is 0 Å². The van der Waals surface area contributed by atoms with Crippen LogP contribution in [0.4, 0.5) is 0 Å². The average molecular weight is 1240 g/mol. The van der Waals surface area contributed by atoms with Crippen LogP contribution >= 0.6 is 15.6 Å². The maximum Gasteiger partial charge on any atom is 0.472 e. The Kier molecular flexibility index (Phi) is 57.8. The second-order valence-corrected chi connectivity index (χ2v) is 25.7. The van der Waals surface area contributed by atoms with Crippen LogP contribution in [0.15, 0.2) is 24.3 Å². The number of allylic oxidation sites excluding steroid dienone is 4. The molecule has 3 N–H and O–H groups in total. The summed E-state index contributed by atoms with van der Waals surface area (Å²) in [6, 6.07) is 0. The number of unbranched alkanes of at least 4 members (excludes halogenated alkanes) is 35. The summed E-state index contributed by atoms with van der Waals surface area (Å²) in [6.45, 7) is 4.80. The second-order valence-electron chi connectivity index (χ2n) is 22.8. The predicted octanol–water partition coefficient (Wildman–Crippen LogP) is 17.9. The molecule has 0 aliphatic carbocycles. The molecule has 0 amide bonds. The van der Waals surface area contributed by atoms with E-state index in [1.54, 1.807) is 0 Å². The van der Waals surface area contributed by atoms with Crippen molar-refractivity contribution < 1.29 is 80.2 Å². The number of aliphatic hydroxyl groups excluding tert-OH is 1. The molecule has 17 nitrogen and oxygen atoms in total. The minimum absolute atomic E-state index is 0.0855. The van der Waals surface area contributed by atoms with Gasteiger partial charge in [-0.2, -0.15) is 0 Å². The standard InChI is InChI=1S/C65H122O17P2/c1-5-9-13-17-21-25-28-29-30-31-33-36-40-44-48-52-65(70)82-61(56-76-63(68)50-46-42-38-35-32-26-22-18-14-10-6-2)58-80-84(73,74)78-54-59(66)53-77-83(71,72)79-57-60(55-75-62(67)49-45-41-37-24-20-16-12-8-4)81-64(69)51-47-43-39-34-27-23-19-15-11-7-3/h25,28-30,59-61,66H,5-24,26-27,31-58H2,1-4H3,(H,71,72)(H,73,74)/b28-25-,30-29-/t59-,60+,61+/m0/s1. The minimum Gasteiger partial charge on any atom is -0.462 e. The van der Waals surface area contributed by atoms with Crippen LogP contribution in [-0.4, -0.2) is 96.7 Å². The zero-order chi connectivity index (χ0) is 61.9. The molecule has 0 aromatic heterocycles. The number of esters is 4. The molecule has 0 aromatic rings. The number of hydrogen-bond acceptors (Lipinski definition) is 15. The Morgan fingerprint density at radius 1 is 0.333 bits per heavy atom. The second kappa shape index (κ2) is 59.5. The van der Waals surface area contributed by atoms with Crippen molar-refractivity contribution in [2.75, 3.05) is 39.6 Å². The molecule has 0 rings (SSSR count). The van der Waals surface area contributed by atoms with E-state index in [0.29, 0.717) is 25.7 Å². The molecule has 0 saturated carbocycles. The highest BCUT2D eigenvalue weighted by Gasteiger charge is 2.30. The van der Waals surface area contributed by atoms with Gasteiger partial charge in [0.2, 0.25) is 0 Å². The van der Waals surface area contributed by atoms with Gasteiger partial charge in [-0.3, -0.25) is 37.3 Å². The van der Waals surface area contributed by atoms with Crippen LogP contribution in [0.1, 0.15) is 310 Å². The molecule has 0 saturated heterocycles. The molecule has 19 heteroatoms. The zero-order valence-corrected chi connectivity index (χ0v) is 55.1. The molecular weight excluding hydrogens is 1110 g/mol. The van der Waals surface area contributed by atoms with Crippen molar-refractivity contribution in [1.29, 1.82) is 0 Å². The third-order valence-electron chi connectivity index (χ3n) is 14.5. The number of hydrogen-bond donors (Lipinski definition) is 3. The molecule has 0 spiro atoms. The summed E-state index contributed by atoms with van der Waals surface area (Å²) in [7, 11) is -9.89. The molecule has 0 fully saturated rings. The van der Waals surface area contributed by atoms with E-state index in [4.69, 9.17) is 37.0 Å². The highest BCUT2D eigenvalue weighted by atomic mass is 31.2. The number of ether oxygens (including phenoxy) is 4. The van der Waals surface area contributed by atoms with E-state index in [-0.39, 0.29) is 25.7 Å². The van der Waals surface area contributed by atoms with Gasteiger partial charge in [-0.05, 0) is 51.4 Å². The van der Waals surface area contributed by atoms with E-state index < -0.39 is 97.5 Å². The fraction of sp³-hybridized carbons (Fsp3) is 0.877. The fourth-order valence-electron chi connectivity index (χ4n) is 9.27. The normalized spacial score (nSPS) is 14.3. The summed E-state index contributed by atoms with van der Waals surface area (Å²) >= 11 is 0. The summed E-state index contributed by atoms with van der Waals surface area (Å²) in [5.41, 5.74) is 0. The lowest BCUT2D eigenvalue weighted by atomic mass is 10.1. The van der Waals surface area contributed by atoms with E-state index in [0.717, 1.165) is 109 Å². The monoisotopic (exact) mass is 1240 g/mol. The van der Waals surface area contributed by atoms with Gasteiger partial charge in [-0.25, -0.2) is 9.13 Å². The first kappa shape index (κ1) is 81.5. The molecule has 0 aliphatic heterocycles. The largest absolute Gasteiger partial charge is 0.472 e. The highest BCUT2D eigenvalue weighted by molar-refractivity contribution is 7.47. The van der Waals surface area contributed by atoms with Crippen molar-refractivity contribution in [2.24, 2.45) is 0 Å². The van der Waals surface area contributed by atoms with Crippen LogP contribution in [0.2, 0.25) is 0 Å². The van der Waals surface area contributed by atoms with Crippen LogP contribution in [-0.2, 0) is 65.4 Å². The maximum atomic E-state index is 13.0. The maximum absolute atomic E-state index is 13.0. The van der Waals surface area contributed by atoms with Crippen molar-refractivity contribution in [1.82, 2.24) is 0 Å². The molecule has 0 aliphatic rings. The fourth-order valence-corrected chi connectivity index (χ4v) is 10.8. The Labute approximate surface area is 510 Å². The minimum atomic E-state index is -4.95. The van der Waals surface area contributed by atoms with Gasteiger partial charge in [-0.15, -0.1) is 0 Å². The lowest BCUT2D eigenvalue weighted by Gasteiger charge is -2.21. The number of phosphoric acid groups is 2. The summed E-state index contributed by atoms with van der Waals surface area (Å²) in [6.07, 6.45) is 48.0. The molecule has 5 atom stereocenters. The first-order chi connectivity index (χ1) is 40.7. The van der Waals surface area contributed by atoms with Crippen molar-refractivity contribution in [3.05, 3.63) is 24.3 Å². The van der Waals surface area contributed by atoms with Crippen LogP contribution < -0.4 is 0 Å². The van der Waals surface area contributed by atoms with Gasteiger partial charge in [0, 0.05) is 25.7 Å². The summed E-state index contributed by atoms with van der Waals surface area (Å²) in [4.78, 5) is 72.1. The lowest BCUT2D eigenvalue weighted by molar-refractivity contribution is -0.161. The van der Waals surface area contributed by atoms with Crippen LogP contribution in [0.5, 0.6) is 0 Å². The Balaban J connectivity index is 5.25. The number of aliphatic hydroxyl groups is 1. The van der Waals surface area contributed by atoms with Gasteiger partial charge in [-0.1, -0.05) is 257 Å². The molecule has 0 radical (unpaired) electrons. The summed E-state index contributed by atoms with van der Waals surface area (Å²) in [5, 5.41) is 10.5. The Morgan fingerprint density at radius 2 is 0.571 bits per heavy atom. The highest BCUT2D eigenvalue weighted by Crippen LogP contribution is 2.45. The molecule has 0 aromatic carbocycles. The van der Waals surface area contributed by atoms with Crippen LogP contribution in [0, 0.1) is 0 Å². The van der Waals surface area contributed by atoms with Gasteiger partial charge in [0.15, 0.2) is 12.2 Å². The molecule has 2 unspecified atom stereocenters. The van der Waals surface area contributed by atoms with Crippen LogP contribution in [0.25, 0.3) is 0 Å². The molecule has 84 heavy (non-hydrogen) atoms. The molecular formula is C65H122O17P2. The summed E-state index contributed by atoms with van der Waals surface area (Å²) < 4.78 is 67.9. The average Bonchev–Trinajstić information content (AvgIpc) is 3.58. The third-order valence-corrected chi connectivity index (χ3v) is 16.4. The first-order valence-corrected chi connectivity index (χ1v) is 36.6. The predicted molar refractivity (Wildman–Crippen MR) is 335 cm³/mol. The quantitative estimate of drug-likeness (QED) is 0.0169. The third kappa shape index (κ3) is 58.6. The van der Waals surface area contributed by atoms with Gasteiger partial charge in [0.05, 0.1) is 26.4 Å². The Morgan fingerprint density at radius 3 is 0.869 bits per heavy atom. The van der Waals surface area contributed by atoms with Gasteiger partial charge in [0.1, 0.15) is 19.3 Å². The van der Waals surface area contributed by atoms with E-state index in [1.807, 2.05) is 0 Å². The van der Waals surface area contributed by atoms with E-state index in [2.05, 4.69) is 52.0 Å². The molecule has 0 bridgehead atoms. The van der Waals surface area contributed by atoms with Gasteiger partial charge >= 0.3 is 39.5 Å². The number of rotatable bonds is 64. The number of phosphoric ester groups is 2. The SMILES string of the molecule is CCCCCC/C=C\C=C/CCCCCCCC(=O)O[C@H](COC(=O)CCCCCCCCCCCCC)COP(=O)(O)OC[C@@H](O)COP(=O)(O)OC[C@@H](COC(=O)CCCCCCCCCC)OC(=O)CCCCCCCCCCCC. The first-order valence-electron chi connectivity index (χ1n) is 33.6. The van der Waals surface area contributed by atoms with Crippen molar-refractivity contribution >= 4 is 39.5 Å². The topological polar surface area (TPSA) is 237 Å². The smallest absolute Gasteiger partial charge is 0.462 e. The van der Waals surface area contributed by atoms with Crippen molar-refractivity contribution in [3.63, 3.8) is 0 Å². The van der Waals surface area contributed by atoms with E-state index in [9.17, 15) is 43.2 Å². The Hall–Kier alpha value is -2.46. The molecule has 494 valence electrons. The molecule has 0 heterocycles. The number of carbonyl (C=O) groups is 4. The van der Waals surface area contributed by atoms with Gasteiger partial charge in [0.25, 0.3) is 0 Å². The lowest BCUT2D eigenvalue weighted by Crippen LogP contribution is -2.30. The summed E-state index contributed by atoms with van der Waals surface area (Å²) in [5.74, 6) is -2.16. The zero-order valence-electron chi connectivity index (χ0n) is 53.3. The van der Waals surface area contributed by atoms with Crippen molar-refractivity contribution in [3.8, 4) is 0 Å². The van der Waals surface area contributed by atoms with Crippen LogP contribution in [0.3, 0.4) is 0 Å².